The summed E-state index contributed by atoms with van der Waals surface area (Å²) in [5, 5.41) is 0. The molecule has 0 radical (unpaired) electrons. The van der Waals surface area contributed by atoms with E-state index in [0.29, 0.717) is 4.64 Å². The number of hydrogen-bond acceptors (Lipinski definition) is 10. The van der Waals surface area contributed by atoms with E-state index in [-0.39, 0.29) is 103 Å². The van der Waals surface area contributed by atoms with Gasteiger partial charge in [0.05, 0.1) is 12.7 Å². The van der Waals surface area contributed by atoms with Crippen LogP contribution in [0.3, 0.4) is 0 Å². The first-order valence-electron chi connectivity index (χ1n) is 4.08. The summed E-state index contributed by atoms with van der Waals surface area (Å²) in [6.45, 7) is 0. The van der Waals surface area contributed by atoms with Crippen LogP contribution in [0.25, 0.3) is 11.2 Å². The number of hydrogen-bond donors (Lipinski definition) is 2. The average Bonchev–Trinajstić information content (AvgIpc) is 2.61. The Morgan fingerprint density at radius 1 is 1.00 bits per heavy atom. The molecule has 0 aliphatic rings. The molecule has 0 atom stereocenters. The Bertz CT molecular complexity index is 802. The third kappa shape index (κ3) is 11.4. The molecule has 0 unspecified atom stereocenters. The molecular formula is C5H4Cr2K2N4O7S. The van der Waals surface area contributed by atoms with Gasteiger partial charge in [0.15, 0.2) is 10.3 Å². The normalized spacial score (nSPS) is 10.8. The van der Waals surface area contributed by atoms with Crippen LogP contribution < -0.4 is 111 Å². The van der Waals surface area contributed by atoms with Crippen LogP contribution in [-0.4, -0.2) is 19.9 Å². The third-order valence-corrected chi connectivity index (χ3v) is 4.38. The summed E-state index contributed by atoms with van der Waals surface area (Å²) in [7, 11) is 0. The molecule has 2 aromatic heterocycles. The van der Waals surface area contributed by atoms with Crippen molar-refractivity contribution in [2.75, 3.05) is 0 Å². The van der Waals surface area contributed by atoms with Crippen molar-refractivity contribution >= 4 is 23.4 Å². The number of nitrogens with zero attached hydrogens (tertiary/aromatic N) is 2. The summed E-state index contributed by atoms with van der Waals surface area (Å²) in [5.74, 6) is 0. The zero-order chi connectivity index (χ0) is 14.7. The van der Waals surface area contributed by atoms with Crippen LogP contribution in [0.15, 0.2) is 12.7 Å². The molecule has 2 rings (SSSR count). The zero-order valence-electron chi connectivity index (χ0n) is 10.6. The molecule has 0 aliphatic carbocycles. The van der Waals surface area contributed by atoms with Gasteiger partial charge in [0, 0.05) is 0 Å². The molecule has 2 aromatic rings. The predicted molar refractivity (Wildman–Crippen MR) is 42.9 cm³/mol. The van der Waals surface area contributed by atoms with Gasteiger partial charge in [-0.25, -0.2) is 9.97 Å². The molecule has 0 amide bonds. The molecule has 0 saturated carbocycles. The average molecular weight is 446 g/mol. The Morgan fingerprint density at radius 2 is 1.48 bits per heavy atom. The van der Waals surface area contributed by atoms with Gasteiger partial charge in [-0.1, -0.05) is 12.2 Å². The Hall–Kier alpha value is 2.19. The van der Waals surface area contributed by atoms with Crippen molar-refractivity contribution in [3.63, 3.8) is 0 Å². The molecular weight excluding hydrogens is 442 g/mol. The maximum atomic E-state index is 9.38. The first kappa shape index (κ1) is 25.4. The van der Waals surface area contributed by atoms with Crippen molar-refractivity contribution in [1.82, 2.24) is 19.9 Å². The Balaban J connectivity index is 0. The van der Waals surface area contributed by atoms with E-state index in [1.807, 2.05) is 0 Å². The summed E-state index contributed by atoms with van der Waals surface area (Å²) >= 11 is -7.24. The van der Waals surface area contributed by atoms with Crippen molar-refractivity contribution in [2.45, 2.75) is 0 Å². The molecule has 2 heterocycles. The standard InChI is InChI=1S/C5H4N4S.2Cr.2K.7O/c10-5-3-4(7-1-6-3)8-2-9-5;;;;;;;;;;;/h1-2H,(H2,6,7,8,9,10);;;;;;;;;;;/q;;;2*+1;;;;;;2*-1. The SMILES string of the molecule is S=c1nc[nH]c2nc[nH]c12.[K+].[K+].[O]=[Cr](=[O])([O-])[O][Cr](=[O])(=[O])[O-]. The second-order valence-corrected chi connectivity index (χ2v) is 6.74. The molecule has 0 aliphatic heterocycles. The molecule has 0 saturated heterocycles. The van der Waals surface area contributed by atoms with Crippen LogP contribution >= 0.6 is 12.2 Å². The van der Waals surface area contributed by atoms with Crippen molar-refractivity contribution < 1.29 is 156 Å². The number of imidazole rings is 1. The molecule has 16 heteroatoms. The van der Waals surface area contributed by atoms with E-state index in [2.05, 4.69) is 22.8 Å². The van der Waals surface area contributed by atoms with E-state index in [4.69, 9.17) is 12.2 Å². The summed E-state index contributed by atoms with van der Waals surface area (Å²) in [6, 6.07) is 0. The van der Waals surface area contributed by atoms with Crippen molar-refractivity contribution in [3.8, 4) is 0 Å². The summed E-state index contributed by atoms with van der Waals surface area (Å²) in [5.41, 5.74) is 1.54. The third-order valence-electron chi connectivity index (χ3n) is 1.40. The van der Waals surface area contributed by atoms with Gasteiger partial charge in [0.25, 0.3) is 0 Å². The van der Waals surface area contributed by atoms with E-state index < -0.39 is 27.2 Å². The minimum atomic E-state index is -6.07. The van der Waals surface area contributed by atoms with Crippen molar-refractivity contribution in [3.05, 3.63) is 17.3 Å². The molecule has 106 valence electrons. The fraction of sp³-hybridized carbons (Fsp3) is 0. The van der Waals surface area contributed by atoms with Gasteiger partial charge in [0.1, 0.15) is 5.52 Å². The van der Waals surface area contributed by atoms with Gasteiger partial charge < -0.3 is 9.97 Å². The molecule has 21 heavy (non-hydrogen) atoms. The molecule has 2 N–H and O–H groups in total. The number of fused-ring (bicyclic) bond motifs is 1. The van der Waals surface area contributed by atoms with Gasteiger partial charge in [-0.05, 0) is 0 Å². The molecule has 0 bridgehead atoms. The molecule has 0 aromatic carbocycles. The Kier molecular flexibility index (Phi) is 13.2. The minimum absolute atomic E-state index is 0. The zero-order valence-corrected chi connectivity index (χ0v) is 20.2. The van der Waals surface area contributed by atoms with E-state index in [1.54, 1.807) is 6.33 Å². The van der Waals surface area contributed by atoms with Crippen LogP contribution in [0.2, 0.25) is 0 Å². The van der Waals surface area contributed by atoms with E-state index in [0.717, 1.165) is 11.2 Å². The van der Waals surface area contributed by atoms with Crippen LogP contribution in [0.4, 0.5) is 0 Å². The van der Waals surface area contributed by atoms with Crippen molar-refractivity contribution in [2.24, 2.45) is 0 Å². The topological polar surface area (TPSA) is 181 Å². The van der Waals surface area contributed by atoms with E-state index >= 15 is 0 Å². The fourth-order valence-corrected chi connectivity index (χ4v) is 2.73. The van der Waals surface area contributed by atoms with Crippen LogP contribution in [-0.2, 0) is 45.3 Å². The Labute approximate surface area is 212 Å². The number of rotatable bonds is 2. The van der Waals surface area contributed by atoms with Crippen molar-refractivity contribution in [1.29, 1.82) is 0 Å². The molecule has 11 nitrogen and oxygen atoms in total. The molecule has 0 fully saturated rings. The monoisotopic (exact) mass is 446 g/mol. The number of nitrogens with one attached hydrogen (secondary N) is 2. The molecule has 0 spiro atoms. The van der Waals surface area contributed by atoms with Gasteiger partial charge in [-0.2, -0.15) is 0 Å². The van der Waals surface area contributed by atoms with E-state index in [1.165, 1.54) is 6.33 Å². The van der Waals surface area contributed by atoms with Gasteiger partial charge in [0.2, 0.25) is 0 Å². The predicted octanol–water partition coefficient (Wildman–Crippen LogP) is -7.90. The van der Waals surface area contributed by atoms with E-state index in [9.17, 15) is 23.5 Å². The summed E-state index contributed by atoms with van der Waals surface area (Å²) < 4.78 is 59.4. The second-order valence-electron chi connectivity index (χ2n) is 2.72. The maximum absolute atomic E-state index is 9.38. The summed E-state index contributed by atoms with van der Waals surface area (Å²) in [4.78, 5) is 13.6. The van der Waals surface area contributed by atoms with Crippen LogP contribution in [0, 0.1) is 4.64 Å². The first-order chi connectivity index (χ1) is 8.58. The van der Waals surface area contributed by atoms with Gasteiger partial charge in [-0.3, -0.25) is 0 Å². The number of H-pyrrole nitrogens is 2. The van der Waals surface area contributed by atoms with Crippen LogP contribution in [0.5, 0.6) is 0 Å². The first-order valence-corrected chi connectivity index (χ1v) is 8.65. The van der Waals surface area contributed by atoms with Gasteiger partial charge >= 0.3 is 156 Å². The fourth-order valence-electron chi connectivity index (χ4n) is 0.885. The number of aromatic amines is 2. The second kappa shape index (κ2) is 10.9. The van der Waals surface area contributed by atoms with Gasteiger partial charge in [-0.15, -0.1) is 0 Å². The summed E-state index contributed by atoms with van der Waals surface area (Å²) in [6.07, 6.45) is 3.12. The Morgan fingerprint density at radius 3 is 1.86 bits per heavy atom. The number of aromatic nitrogens is 4. The quantitative estimate of drug-likeness (QED) is 0.332. The van der Waals surface area contributed by atoms with Crippen LogP contribution in [0.1, 0.15) is 0 Å².